The van der Waals surface area contributed by atoms with Crippen molar-refractivity contribution in [1.82, 2.24) is 0 Å². The van der Waals surface area contributed by atoms with E-state index in [0.29, 0.717) is 22.6 Å². The zero-order chi connectivity index (χ0) is 25.5. The van der Waals surface area contributed by atoms with Crippen LogP contribution in [0, 0.1) is 29.9 Å². The van der Waals surface area contributed by atoms with Crippen molar-refractivity contribution >= 4 is 34.4 Å². The number of nitriles is 1. The number of halogens is 3. The molecule has 0 atom stereocenters. The number of hydrogen-bond acceptors (Lipinski definition) is 5. The Balaban J connectivity index is 0.000000227. The lowest BCUT2D eigenvalue weighted by molar-refractivity contribution is 0.627. The third kappa shape index (κ3) is 11.9. The smallest absolute Gasteiger partial charge is 0.123 e. The minimum Gasteiger partial charge on any atom is -0.399 e. The number of benzene rings is 4. The van der Waals surface area contributed by atoms with E-state index in [2.05, 4.69) is 0 Å². The van der Waals surface area contributed by atoms with Gasteiger partial charge in [-0.15, -0.1) is 0 Å². The van der Waals surface area contributed by atoms with E-state index < -0.39 is 0 Å². The van der Waals surface area contributed by atoms with Crippen LogP contribution in [-0.4, -0.2) is 0 Å². The molecule has 0 aromatic heterocycles. The molecule has 0 aliphatic heterocycles. The van der Waals surface area contributed by atoms with Gasteiger partial charge in [-0.05, 0) is 103 Å². The molecule has 0 aliphatic rings. The highest BCUT2D eigenvalue weighted by atomic mass is 35.5. The second kappa shape index (κ2) is 14.7. The maximum absolute atomic E-state index is 12.3. The maximum atomic E-state index is 12.3. The van der Waals surface area contributed by atoms with Gasteiger partial charge in [-0.25, -0.2) is 8.78 Å². The van der Waals surface area contributed by atoms with Gasteiger partial charge in [0.25, 0.3) is 0 Å². The first-order valence-electron chi connectivity index (χ1n) is 9.90. The molecule has 0 heterocycles. The van der Waals surface area contributed by atoms with Gasteiger partial charge in [0.05, 0.1) is 11.6 Å². The number of anilines is 4. The second-order valence-corrected chi connectivity index (χ2v) is 7.27. The Hall–Kier alpha value is -4.28. The zero-order valence-electron chi connectivity index (χ0n) is 18.6. The average Bonchev–Trinajstić information content (AvgIpc) is 2.82. The monoisotopic (exact) mass is 481 g/mol. The molecule has 4 rings (SSSR count). The van der Waals surface area contributed by atoms with Gasteiger partial charge in [0.2, 0.25) is 0 Å². The average molecular weight is 482 g/mol. The number of nitrogens with zero attached hydrogens (tertiary/aromatic N) is 1. The van der Waals surface area contributed by atoms with Crippen LogP contribution in [0.3, 0.4) is 0 Å². The molecule has 0 fully saturated rings. The van der Waals surface area contributed by atoms with Crippen LogP contribution in [0.4, 0.5) is 31.5 Å². The van der Waals surface area contributed by atoms with Crippen LogP contribution in [0.1, 0.15) is 11.1 Å². The van der Waals surface area contributed by atoms with Crippen LogP contribution in [0.5, 0.6) is 0 Å². The Labute approximate surface area is 203 Å². The summed E-state index contributed by atoms with van der Waals surface area (Å²) in [6, 6.07) is 25.9. The topological polar surface area (TPSA) is 128 Å². The third-order valence-corrected chi connectivity index (χ3v) is 4.26. The number of aryl methyl sites for hydroxylation is 1. The van der Waals surface area contributed by atoms with Gasteiger partial charge in [-0.2, -0.15) is 5.26 Å². The van der Waals surface area contributed by atoms with Crippen molar-refractivity contribution in [1.29, 1.82) is 5.26 Å². The molecule has 0 radical (unpaired) electrons. The number of nitrogens with two attached hydrogens (primary N) is 4. The molecule has 0 saturated heterocycles. The van der Waals surface area contributed by atoms with E-state index in [-0.39, 0.29) is 11.6 Å². The predicted molar refractivity (Wildman–Crippen MR) is 138 cm³/mol. The maximum Gasteiger partial charge on any atom is 0.123 e. The van der Waals surface area contributed by atoms with Gasteiger partial charge in [0.15, 0.2) is 0 Å². The van der Waals surface area contributed by atoms with Crippen LogP contribution in [0.2, 0.25) is 5.02 Å². The molecule has 0 spiro atoms. The zero-order valence-corrected chi connectivity index (χ0v) is 19.3. The molecular formula is C26H26ClF2N5. The van der Waals surface area contributed by atoms with E-state index in [9.17, 15) is 8.78 Å². The Morgan fingerprint density at radius 3 is 1.41 bits per heavy atom. The lowest BCUT2D eigenvalue weighted by atomic mass is 10.2. The molecule has 4 aromatic rings. The van der Waals surface area contributed by atoms with Gasteiger partial charge >= 0.3 is 0 Å². The van der Waals surface area contributed by atoms with Crippen LogP contribution in [-0.2, 0) is 0 Å². The fraction of sp³-hybridized carbons (Fsp3) is 0.0385. The molecule has 0 unspecified atom stereocenters. The number of nitrogen functional groups attached to an aromatic ring is 4. The van der Waals surface area contributed by atoms with Gasteiger partial charge < -0.3 is 22.9 Å². The number of hydrogen-bond donors (Lipinski definition) is 4. The van der Waals surface area contributed by atoms with Crippen molar-refractivity contribution in [2.45, 2.75) is 6.92 Å². The third-order valence-electron chi connectivity index (χ3n) is 4.01. The molecule has 4 aromatic carbocycles. The highest BCUT2D eigenvalue weighted by Gasteiger charge is 1.92. The molecule has 0 saturated carbocycles. The summed E-state index contributed by atoms with van der Waals surface area (Å²) in [4.78, 5) is 0. The molecule has 8 N–H and O–H groups in total. The van der Waals surface area contributed by atoms with Crippen molar-refractivity contribution in [3.63, 3.8) is 0 Å². The Bertz CT molecular complexity index is 1090. The van der Waals surface area contributed by atoms with Crippen molar-refractivity contribution < 1.29 is 8.78 Å². The molecule has 0 aliphatic carbocycles. The molecule has 5 nitrogen and oxygen atoms in total. The fourth-order valence-corrected chi connectivity index (χ4v) is 2.25. The summed E-state index contributed by atoms with van der Waals surface area (Å²) >= 11 is 5.56. The lowest BCUT2D eigenvalue weighted by Gasteiger charge is -1.96. The van der Waals surface area contributed by atoms with E-state index in [1.54, 1.807) is 61.5 Å². The highest BCUT2D eigenvalue weighted by Crippen LogP contribution is 2.11. The molecule has 8 heteroatoms. The van der Waals surface area contributed by atoms with Gasteiger partial charge in [-0.1, -0.05) is 11.6 Å². The van der Waals surface area contributed by atoms with E-state index in [1.165, 1.54) is 36.4 Å². The summed E-state index contributed by atoms with van der Waals surface area (Å²) in [5.41, 5.74) is 25.5. The van der Waals surface area contributed by atoms with Crippen LogP contribution in [0.15, 0.2) is 91.0 Å². The molecule has 0 bridgehead atoms. The standard InChI is InChI=1S/C7H8FN.C7H6N2.C6H6ClN.C6H6FN/c1-5-4-6(8)2-3-7(5)9;8-5-6-1-3-7(9)4-2-6;2*7-5-1-3-6(8)4-2-5/h2-4H,9H2,1H3;1-4H,9H2;2*1-4H,8H2. The summed E-state index contributed by atoms with van der Waals surface area (Å²) in [5, 5.41) is 9.06. The first kappa shape index (κ1) is 27.8. The Morgan fingerprint density at radius 1 is 0.647 bits per heavy atom. The van der Waals surface area contributed by atoms with Crippen molar-refractivity contribution in [2.75, 3.05) is 22.9 Å². The second-order valence-electron chi connectivity index (χ2n) is 6.84. The summed E-state index contributed by atoms with van der Waals surface area (Å²) < 4.78 is 24.3. The lowest BCUT2D eigenvalue weighted by Crippen LogP contribution is -1.88. The minimum absolute atomic E-state index is 0.235. The van der Waals surface area contributed by atoms with Crippen molar-refractivity contribution in [2.24, 2.45) is 0 Å². The largest absolute Gasteiger partial charge is 0.399 e. The fourth-order valence-electron chi connectivity index (χ4n) is 2.12. The van der Waals surface area contributed by atoms with Crippen molar-refractivity contribution in [3.8, 4) is 6.07 Å². The van der Waals surface area contributed by atoms with Crippen LogP contribution >= 0.6 is 11.6 Å². The van der Waals surface area contributed by atoms with Gasteiger partial charge in [0, 0.05) is 27.8 Å². The van der Waals surface area contributed by atoms with E-state index in [4.69, 9.17) is 39.8 Å². The molecule has 34 heavy (non-hydrogen) atoms. The van der Waals surface area contributed by atoms with E-state index in [0.717, 1.165) is 16.3 Å². The highest BCUT2D eigenvalue weighted by molar-refractivity contribution is 6.30. The first-order valence-corrected chi connectivity index (χ1v) is 10.3. The summed E-state index contributed by atoms with van der Waals surface area (Å²) in [6.07, 6.45) is 0. The summed E-state index contributed by atoms with van der Waals surface area (Å²) in [5.74, 6) is -0.485. The summed E-state index contributed by atoms with van der Waals surface area (Å²) in [7, 11) is 0. The number of rotatable bonds is 0. The normalized spacial score (nSPS) is 9.03. The quantitative estimate of drug-likeness (QED) is 0.223. The molecule has 176 valence electrons. The van der Waals surface area contributed by atoms with Crippen LogP contribution in [0.25, 0.3) is 0 Å². The SMILES string of the molecule is Cc1cc(F)ccc1N.N#Cc1ccc(N)cc1.Nc1ccc(Cl)cc1.Nc1ccc(F)cc1. The predicted octanol–water partition coefficient (Wildman–Crippen LogP) is 6.19. The molecular weight excluding hydrogens is 456 g/mol. The minimum atomic E-state index is -0.251. The summed E-state index contributed by atoms with van der Waals surface area (Å²) in [6.45, 7) is 1.78. The van der Waals surface area contributed by atoms with E-state index in [1.807, 2.05) is 6.07 Å². The van der Waals surface area contributed by atoms with E-state index >= 15 is 0 Å². The Kier molecular flexibility index (Phi) is 12.0. The Morgan fingerprint density at radius 2 is 1.06 bits per heavy atom. The van der Waals surface area contributed by atoms with Crippen LogP contribution < -0.4 is 22.9 Å². The first-order chi connectivity index (χ1) is 16.1. The van der Waals surface area contributed by atoms with Gasteiger partial charge in [-0.3, -0.25) is 0 Å². The molecule has 0 amide bonds. The van der Waals surface area contributed by atoms with Crippen molar-refractivity contribution in [3.05, 3.63) is 119 Å². The van der Waals surface area contributed by atoms with Gasteiger partial charge in [0.1, 0.15) is 11.6 Å².